The Morgan fingerprint density at radius 2 is 1.63 bits per heavy atom. The van der Waals surface area contributed by atoms with Crippen molar-refractivity contribution in [1.29, 1.82) is 0 Å². The van der Waals surface area contributed by atoms with E-state index in [1.807, 2.05) is 0 Å². The van der Waals surface area contributed by atoms with Gasteiger partial charge in [0.15, 0.2) is 0 Å². The number of nitrogens with one attached hydrogen (secondary N) is 1. The third kappa shape index (κ3) is 5.32. The number of hydrogen-bond acceptors (Lipinski definition) is 2. The smallest absolute Gasteiger partial charge is 0.416 e. The van der Waals surface area contributed by atoms with Gasteiger partial charge >= 0.3 is 12.1 Å². The quantitative estimate of drug-likeness (QED) is 0.796. The van der Waals surface area contributed by atoms with Gasteiger partial charge in [-0.2, -0.15) is 13.2 Å². The molecule has 27 heavy (non-hydrogen) atoms. The second-order valence-corrected chi connectivity index (χ2v) is 6.88. The summed E-state index contributed by atoms with van der Waals surface area (Å²) in [6.07, 6.45) is -4.56. The lowest BCUT2D eigenvalue weighted by atomic mass is 9.83. The third-order valence-electron chi connectivity index (χ3n) is 4.30. The molecule has 1 amide bonds. The maximum absolute atomic E-state index is 12.9. The number of carboxylic acids is 1. The number of carboxylic acid groups (broad SMARTS) is 1. The molecule has 0 spiro atoms. The minimum atomic E-state index is -4.43. The average Bonchev–Trinajstić information content (AvgIpc) is 2.60. The second-order valence-electron chi connectivity index (χ2n) is 6.88. The minimum absolute atomic E-state index is 0.0461. The van der Waals surface area contributed by atoms with Crippen LogP contribution in [0.15, 0.2) is 48.5 Å². The van der Waals surface area contributed by atoms with E-state index < -0.39 is 29.0 Å². The van der Waals surface area contributed by atoms with Crippen molar-refractivity contribution in [2.24, 2.45) is 0 Å². The Hall–Kier alpha value is -2.83. The molecule has 0 saturated carbocycles. The van der Waals surface area contributed by atoms with Crippen LogP contribution in [0.1, 0.15) is 40.9 Å². The molecule has 144 valence electrons. The van der Waals surface area contributed by atoms with Crippen LogP contribution >= 0.6 is 0 Å². The molecule has 0 aliphatic rings. The first-order valence-corrected chi connectivity index (χ1v) is 8.26. The van der Waals surface area contributed by atoms with Crippen molar-refractivity contribution in [1.82, 2.24) is 5.32 Å². The van der Waals surface area contributed by atoms with Gasteiger partial charge in [0.25, 0.3) is 0 Å². The molecule has 0 heterocycles. The molecule has 0 atom stereocenters. The van der Waals surface area contributed by atoms with Gasteiger partial charge in [0.2, 0.25) is 5.91 Å². The van der Waals surface area contributed by atoms with Crippen molar-refractivity contribution in [3.63, 3.8) is 0 Å². The second kappa shape index (κ2) is 7.82. The van der Waals surface area contributed by atoms with Gasteiger partial charge in [-0.25, -0.2) is 4.79 Å². The summed E-state index contributed by atoms with van der Waals surface area (Å²) in [6, 6.07) is 11.2. The molecule has 2 aromatic carbocycles. The van der Waals surface area contributed by atoms with Crippen LogP contribution in [-0.4, -0.2) is 23.5 Å². The number of carbonyl (C=O) groups excluding carboxylic acids is 1. The average molecular weight is 379 g/mol. The number of aromatic carboxylic acids is 1. The van der Waals surface area contributed by atoms with Gasteiger partial charge in [-0.05, 0) is 23.3 Å². The molecular formula is C20H20F3NO3. The Morgan fingerprint density at radius 1 is 1.00 bits per heavy atom. The number of carbonyl (C=O) groups is 2. The fraction of sp³-hybridized carbons (Fsp3) is 0.300. The third-order valence-corrected chi connectivity index (χ3v) is 4.30. The molecule has 0 radical (unpaired) electrons. The summed E-state index contributed by atoms with van der Waals surface area (Å²) in [4.78, 5) is 23.4. The summed E-state index contributed by atoms with van der Waals surface area (Å²) in [5.41, 5.74) is -0.606. The van der Waals surface area contributed by atoms with Crippen molar-refractivity contribution >= 4 is 11.9 Å². The van der Waals surface area contributed by atoms with Crippen LogP contribution in [-0.2, 0) is 22.8 Å². The molecule has 2 rings (SSSR count). The van der Waals surface area contributed by atoms with E-state index in [4.69, 9.17) is 5.11 Å². The van der Waals surface area contributed by atoms with Crippen molar-refractivity contribution < 1.29 is 27.9 Å². The van der Waals surface area contributed by atoms with Crippen LogP contribution in [0.5, 0.6) is 0 Å². The highest BCUT2D eigenvalue weighted by atomic mass is 19.4. The zero-order valence-electron chi connectivity index (χ0n) is 14.9. The number of amides is 1. The van der Waals surface area contributed by atoms with Crippen molar-refractivity contribution in [2.75, 3.05) is 6.54 Å². The highest BCUT2D eigenvalue weighted by Gasteiger charge is 2.32. The van der Waals surface area contributed by atoms with Crippen molar-refractivity contribution in [3.8, 4) is 0 Å². The number of halogens is 3. The molecule has 4 nitrogen and oxygen atoms in total. The van der Waals surface area contributed by atoms with E-state index in [0.717, 1.165) is 12.1 Å². The topological polar surface area (TPSA) is 66.4 Å². The largest absolute Gasteiger partial charge is 0.478 e. The molecule has 7 heteroatoms. The van der Waals surface area contributed by atoms with E-state index in [2.05, 4.69) is 5.32 Å². The zero-order chi connectivity index (χ0) is 20.2. The van der Waals surface area contributed by atoms with Crippen molar-refractivity contribution in [2.45, 2.75) is 31.9 Å². The maximum Gasteiger partial charge on any atom is 0.416 e. The Bertz CT molecular complexity index is 844. The van der Waals surface area contributed by atoms with E-state index in [-0.39, 0.29) is 18.5 Å². The Labute approximate surface area is 155 Å². The van der Waals surface area contributed by atoms with Gasteiger partial charge in [0, 0.05) is 12.0 Å². The molecule has 0 aliphatic carbocycles. The number of benzene rings is 2. The summed E-state index contributed by atoms with van der Waals surface area (Å²) in [7, 11) is 0. The van der Waals surface area contributed by atoms with Gasteiger partial charge < -0.3 is 10.4 Å². The fourth-order valence-corrected chi connectivity index (χ4v) is 2.66. The Morgan fingerprint density at radius 3 is 2.26 bits per heavy atom. The summed E-state index contributed by atoms with van der Waals surface area (Å²) >= 11 is 0. The Balaban J connectivity index is 2.07. The first kappa shape index (κ1) is 20.5. The molecule has 0 aromatic heterocycles. The molecule has 0 bridgehead atoms. The predicted octanol–water partition coefficient (Wildman–Crippen LogP) is 4.04. The van der Waals surface area contributed by atoms with Gasteiger partial charge in [-0.3, -0.25) is 4.79 Å². The minimum Gasteiger partial charge on any atom is -0.478 e. The summed E-state index contributed by atoms with van der Waals surface area (Å²) < 4.78 is 38.7. The summed E-state index contributed by atoms with van der Waals surface area (Å²) in [5.74, 6) is -1.52. The highest BCUT2D eigenvalue weighted by Crippen LogP contribution is 2.32. The molecule has 0 fully saturated rings. The van der Waals surface area contributed by atoms with E-state index in [1.54, 1.807) is 38.1 Å². The van der Waals surface area contributed by atoms with Crippen LogP contribution in [0.4, 0.5) is 13.2 Å². The highest BCUT2D eigenvalue weighted by molar-refractivity contribution is 5.91. The normalized spacial score (nSPS) is 11.9. The first-order valence-electron chi connectivity index (χ1n) is 8.26. The van der Waals surface area contributed by atoms with Gasteiger partial charge in [-0.15, -0.1) is 0 Å². The monoisotopic (exact) mass is 379 g/mol. The molecule has 0 unspecified atom stereocenters. The zero-order valence-corrected chi connectivity index (χ0v) is 14.9. The lowest BCUT2D eigenvalue weighted by molar-refractivity contribution is -0.137. The standard InChI is InChI=1S/C20H20F3NO3/c1-19(2,14-7-5-8-15(11-14)20(21,22)23)12-24-17(25)10-13-6-3-4-9-16(13)18(26)27/h3-9,11H,10,12H2,1-2H3,(H,24,25)(H,26,27). The van der Waals surface area contributed by atoms with E-state index in [9.17, 15) is 22.8 Å². The summed E-state index contributed by atoms with van der Waals surface area (Å²) in [5, 5.41) is 11.8. The fourth-order valence-electron chi connectivity index (χ4n) is 2.66. The van der Waals surface area contributed by atoms with Crippen molar-refractivity contribution in [3.05, 3.63) is 70.8 Å². The molecule has 2 N–H and O–H groups in total. The van der Waals surface area contributed by atoms with Crippen LogP contribution in [0.3, 0.4) is 0 Å². The van der Waals surface area contributed by atoms with Gasteiger partial charge in [0.05, 0.1) is 17.5 Å². The predicted molar refractivity (Wildman–Crippen MR) is 94.6 cm³/mol. The summed E-state index contributed by atoms with van der Waals surface area (Å²) in [6.45, 7) is 3.57. The molecular weight excluding hydrogens is 359 g/mol. The molecule has 2 aromatic rings. The first-order chi connectivity index (χ1) is 12.5. The van der Waals surface area contributed by atoms with Gasteiger partial charge in [-0.1, -0.05) is 50.2 Å². The van der Waals surface area contributed by atoms with Gasteiger partial charge in [0.1, 0.15) is 0 Å². The Kier molecular flexibility index (Phi) is 5.93. The number of rotatable bonds is 6. The maximum atomic E-state index is 12.9. The van der Waals surface area contributed by atoms with E-state index in [0.29, 0.717) is 11.1 Å². The van der Waals surface area contributed by atoms with Crippen LogP contribution < -0.4 is 5.32 Å². The number of alkyl halides is 3. The molecule has 0 saturated heterocycles. The lowest BCUT2D eigenvalue weighted by Gasteiger charge is -2.26. The van der Waals surface area contributed by atoms with Crippen LogP contribution in [0.25, 0.3) is 0 Å². The van der Waals surface area contributed by atoms with E-state index in [1.165, 1.54) is 12.1 Å². The number of hydrogen-bond donors (Lipinski definition) is 2. The SMILES string of the molecule is CC(C)(CNC(=O)Cc1ccccc1C(=O)O)c1cccc(C(F)(F)F)c1. The van der Waals surface area contributed by atoms with E-state index >= 15 is 0 Å². The lowest BCUT2D eigenvalue weighted by Crippen LogP contribution is -2.37. The van der Waals surface area contributed by atoms with Crippen LogP contribution in [0, 0.1) is 0 Å². The molecule has 0 aliphatic heterocycles. The van der Waals surface area contributed by atoms with Crippen LogP contribution in [0.2, 0.25) is 0 Å².